The fraction of sp³-hybridized carbons (Fsp3) is 0. The van der Waals surface area contributed by atoms with Crippen LogP contribution in [0.25, 0.3) is 0 Å². The van der Waals surface area contributed by atoms with Crippen LogP contribution in [-0.2, 0) is 0 Å². The Balaban J connectivity index is 2.58. The number of rotatable bonds is 3. The molecule has 0 saturated heterocycles. The summed E-state index contributed by atoms with van der Waals surface area (Å²) in [5, 5.41) is 10.9. The summed E-state index contributed by atoms with van der Waals surface area (Å²) < 4.78 is 0. The number of carbonyl (C=O) groups excluding carboxylic acids is 1. The topological polar surface area (TPSA) is 86.2 Å². The molecule has 0 fully saturated rings. The Labute approximate surface area is 103 Å². The highest BCUT2D eigenvalue weighted by Crippen LogP contribution is 2.26. The van der Waals surface area contributed by atoms with Crippen LogP contribution in [0.4, 0.5) is 11.4 Å². The van der Waals surface area contributed by atoms with Crippen molar-refractivity contribution < 1.29 is 9.72 Å². The third kappa shape index (κ3) is 2.06. The highest BCUT2D eigenvalue weighted by atomic mass is 16.6. The van der Waals surface area contributed by atoms with Crippen molar-refractivity contribution in [2.45, 2.75) is 0 Å². The summed E-state index contributed by atoms with van der Waals surface area (Å²) in [6.07, 6.45) is 0. The predicted octanol–water partition coefficient (Wildman–Crippen LogP) is 2.41. The van der Waals surface area contributed by atoms with Crippen LogP contribution in [0.5, 0.6) is 0 Å². The van der Waals surface area contributed by atoms with Crippen LogP contribution >= 0.6 is 0 Å². The maximum atomic E-state index is 12.2. The summed E-state index contributed by atoms with van der Waals surface area (Å²) in [4.78, 5) is 22.5. The molecule has 0 heterocycles. The van der Waals surface area contributed by atoms with Gasteiger partial charge in [0.1, 0.15) is 5.56 Å². The number of nitrogens with two attached hydrogens (primary N) is 1. The molecule has 0 aromatic heterocycles. The van der Waals surface area contributed by atoms with Gasteiger partial charge in [-0.05, 0) is 6.07 Å². The zero-order chi connectivity index (χ0) is 13.1. The summed E-state index contributed by atoms with van der Waals surface area (Å²) >= 11 is 0. The molecule has 18 heavy (non-hydrogen) atoms. The molecule has 2 aromatic rings. The number of nitrogen functional groups attached to an aromatic ring is 1. The molecule has 0 spiro atoms. The van der Waals surface area contributed by atoms with Crippen molar-refractivity contribution >= 4 is 17.2 Å². The van der Waals surface area contributed by atoms with Gasteiger partial charge in [-0.2, -0.15) is 0 Å². The second kappa shape index (κ2) is 4.67. The quantitative estimate of drug-likeness (QED) is 0.387. The number of ketones is 1. The molecule has 5 heteroatoms. The fourth-order valence-electron chi connectivity index (χ4n) is 1.69. The highest BCUT2D eigenvalue weighted by molar-refractivity contribution is 6.14. The van der Waals surface area contributed by atoms with Crippen LogP contribution in [0.3, 0.4) is 0 Å². The molecular formula is C13H10N2O3. The minimum atomic E-state index is -0.605. The summed E-state index contributed by atoms with van der Waals surface area (Å²) in [5.41, 5.74) is 5.82. The van der Waals surface area contributed by atoms with E-state index in [2.05, 4.69) is 0 Å². The molecule has 2 N–H and O–H groups in total. The Morgan fingerprint density at radius 1 is 1.06 bits per heavy atom. The van der Waals surface area contributed by atoms with Crippen LogP contribution in [-0.4, -0.2) is 10.7 Å². The van der Waals surface area contributed by atoms with Crippen molar-refractivity contribution in [1.82, 2.24) is 0 Å². The minimum Gasteiger partial charge on any atom is -0.398 e. The first-order valence-electron chi connectivity index (χ1n) is 5.24. The lowest BCUT2D eigenvalue weighted by molar-refractivity contribution is -0.385. The molecule has 5 nitrogen and oxygen atoms in total. The van der Waals surface area contributed by atoms with Crippen LogP contribution in [0.15, 0.2) is 48.5 Å². The first-order chi connectivity index (χ1) is 8.61. The Bertz CT molecular complexity index is 609. The summed E-state index contributed by atoms with van der Waals surface area (Å²) in [7, 11) is 0. The number of hydrogen-bond acceptors (Lipinski definition) is 4. The maximum absolute atomic E-state index is 12.2. The smallest absolute Gasteiger partial charge is 0.282 e. The molecule has 0 amide bonds. The molecule has 2 aromatic carbocycles. The molecule has 0 atom stereocenters. The average molecular weight is 242 g/mol. The van der Waals surface area contributed by atoms with Gasteiger partial charge in [0.2, 0.25) is 5.78 Å². The normalized spacial score (nSPS) is 10.0. The lowest BCUT2D eigenvalue weighted by atomic mass is 10.00. The first kappa shape index (κ1) is 11.8. The van der Waals surface area contributed by atoms with Gasteiger partial charge in [-0.15, -0.1) is 0 Å². The van der Waals surface area contributed by atoms with Gasteiger partial charge in [0.25, 0.3) is 5.69 Å². The number of benzene rings is 2. The second-order valence-electron chi connectivity index (χ2n) is 3.69. The molecule has 0 aliphatic carbocycles. The van der Waals surface area contributed by atoms with Gasteiger partial charge in [0.05, 0.1) is 4.92 Å². The SMILES string of the molecule is Nc1cccc([N+](=O)[O-])c1C(=O)c1ccccc1. The third-order valence-corrected chi connectivity index (χ3v) is 2.53. The van der Waals surface area contributed by atoms with Gasteiger partial charge in [-0.1, -0.05) is 36.4 Å². The van der Waals surface area contributed by atoms with Crippen LogP contribution < -0.4 is 5.73 Å². The van der Waals surface area contributed by atoms with Crippen molar-refractivity contribution in [3.05, 3.63) is 69.8 Å². The van der Waals surface area contributed by atoms with E-state index in [-0.39, 0.29) is 16.9 Å². The van der Waals surface area contributed by atoms with Crippen molar-refractivity contribution in [1.29, 1.82) is 0 Å². The standard InChI is InChI=1S/C13H10N2O3/c14-10-7-4-8-11(15(17)18)12(10)13(16)9-5-2-1-3-6-9/h1-8H,14H2. The van der Waals surface area contributed by atoms with Crippen molar-refractivity contribution in [3.8, 4) is 0 Å². The Kier molecular flexibility index (Phi) is 3.05. The highest BCUT2D eigenvalue weighted by Gasteiger charge is 2.23. The molecule has 0 radical (unpaired) electrons. The number of nitrogens with zero attached hydrogens (tertiary/aromatic N) is 1. The third-order valence-electron chi connectivity index (χ3n) is 2.53. The zero-order valence-corrected chi connectivity index (χ0v) is 9.37. The lowest BCUT2D eigenvalue weighted by Gasteiger charge is -2.05. The fourth-order valence-corrected chi connectivity index (χ4v) is 1.69. The Hall–Kier alpha value is -2.69. The molecular weight excluding hydrogens is 232 g/mol. The van der Waals surface area contributed by atoms with Crippen molar-refractivity contribution in [2.24, 2.45) is 0 Å². The van der Waals surface area contributed by atoms with Gasteiger partial charge in [-0.25, -0.2) is 0 Å². The van der Waals surface area contributed by atoms with E-state index in [0.29, 0.717) is 5.56 Å². The van der Waals surface area contributed by atoms with Crippen LogP contribution in [0.2, 0.25) is 0 Å². The first-order valence-corrected chi connectivity index (χ1v) is 5.24. The molecule has 2 rings (SSSR count). The van der Waals surface area contributed by atoms with E-state index in [0.717, 1.165) is 0 Å². The molecule has 0 aliphatic heterocycles. The molecule has 0 aliphatic rings. The van der Waals surface area contributed by atoms with E-state index in [1.54, 1.807) is 30.3 Å². The van der Waals surface area contributed by atoms with Crippen LogP contribution in [0, 0.1) is 10.1 Å². The number of anilines is 1. The predicted molar refractivity (Wildman–Crippen MR) is 67.4 cm³/mol. The Morgan fingerprint density at radius 2 is 1.72 bits per heavy atom. The van der Waals surface area contributed by atoms with Gasteiger partial charge in [0, 0.05) is 17.3 Å². The van der Waals surface area contributed by atoms with Gasteiger partial charge >= 0.3 is 0 Å². The maximum Gasteiger partial charge on any atom is 0.282 e. The van der Waals surface area contributed by atoms with Gasteiger partial charge in [0.15, 0.2) is 0 Å². The molecule has 0 bridgehead atoms. The van der Waals surface area contributed by atoms with Crippen molar-refractivity contribution in [3.63, 3.8) is 0 Å². The average Bonchev–Trinajstić information content (AvgIpc) is 2.38. The van der Waals surface area contributed by atoms with Gasteiger partial charge < -0.3 is 5.73 Å². The monoisotopic (exact) mass is 242 g/mol. The van der Waals surface area contributed by atoms with Crippen molar-refractivity contribution in [2.75, 3.05) is 5.73 Å². The summed E-state index contributed by atoms with van der Waals surface area (Å²) in [6, 6.07) is 12.5. The van der Waals surface area contributed by atoms with Crippen LogP contribution in [0.1, 0.15) is 15.9 Å². The largest absolute Gasteiger partial charge is 0.398 e. The van der Waals surface area contributed by atoms with E-state index in [1.165, 1.54) is 18.2 Å². The van der Waals surface area contributed by atoms with E-state index in [4.69, 9.17) is 5.73 Å². The number of nitro benzene ring substituents is 1. The summed E-state index contributed by atoms with van der Waals surface area (Å²) in [6.45, 7) is 0. The summed E-state index contributed by atoms with van der Waals surface area (Å²) in [5.74, 6) is -0.444. The second-order valence-corrected chi connectivity index (χ2v) is 3.69. The number of hydrogen-bond donors (Lipinski definition) is 1. The molecule has 0 saturated carbocycles. The van der Waals surface area contributed by atoms with Gasteiger partial charge in [-0.3, -0.25) is 14.9 Å². The zero-order valence-electron chi connectivity index (χ0n) is 9.37. The van der Waals surface area contributed by atoms with E-state index >= 15 is 0 Å². The van der Waals surface area contributed by atoms with E-state index < -0.39 is 10.7 Å². The molecule has 90 valence electrons. The number of nitro groups is 1. The minimum absolute atomic E-state index is 0.0614. The van der Waals surface area contributed by atoms with E-state index in [9.17, 15) is 14.9 Å². The molecule has 0 unspecified atom stereocenters. The number of carbonyl (C=O) groups is 1. The lowest BCUT2D eigenvalue weighted by Crippen LogP contribution is -2.08. The Morgan fingerprint density at radius 3 is 2.33 bits per heavy atom. The van der Waals surface area contributed by atoms with E-state index in [1.807, 2.05) is 0 Å².